The smallest absolute Gasteiger partial charge is 0.208 e. The molecule has 17 heavy (non-hydrogen) atoms. The highest BCUT2D eigenvalue weighted by Gasteiger charge is 2.29. The largest absolute Gasteiger partial charge is 0.445 e. The summed E-state index contributed by atoms with van der Waals surface area (Å²) in [5.74, 6) is 1.72. The third-order valence-corrected chi connectivity index (χ3v) is 3.33. The van der Waals surface area contributed by atoms with E-state index in [0.29, 0.717) is 11.5 Å². The van der Waals surface area contributed by atoms with Crippen molar-refractivity contribution in [3.05, 3.63) is 17.8 Å². The van der Waals surface area contributed by atoms with Crippen LogP contribution in [0, 0.1) is 12.3 Å². The number of nitrogens with one attached hydrogen (secondary N) is 1. The molecule has 1 saturated heterocycles. The molecule has 2 rings (SSSR count). The van der Waals surface area contributed by atoms with Crippen molar-refractivity contribution in [1.82, 2.24) is 15.2 Å². The SMILES string of the molecule is Cc1cnc(CN2CCNC(C(C)(C)C)C2)o1. The number of aromatic nitrogens is 1. The van der Waals surface area contributed by atoms with Crippen LogP contribution < -0.4 is 5.32 Å². The van der Waals surface area contributed by atoms with Crippen molar-refractivity contribution in [2.45, 2.75) is 40.3 Å². The minimum atomic E-state index is 0.297. The number of rotatable bonds is 2. The molecule has 2 heterocycles. The summed E-state index contributed by atoms with van der Waals surface area (Å²) in [5.41, 5.74) is 0.297. The van der Waals surface area contributed by atoms with E-state index in [9.17, 15) is 0 Å². The van der Waals surface area contributed by atoms with Crippen LogP contribution in [0.3, 0.4) is 0 Å². The summed E-state index contributed by atoms with van der Waals surface area (Å²) in [7, 11) is 0. The Hall–Kier alpha value is -0.870. The Morgan fingerprint density at radius 3 is 2.88 bits per heavy atom. The molecule has 0 amide bonds. The van der Waals surface area contributed by atoms with Crippen molar-refractivity contribution >= 4 is 0 Å². The van der Waals surface area contributed by atoms with Crippen molar-refractivity contribution in [3.8, 4) is 0 Å². The highest BCUT2D eigenvalue weighted by molar-refractivity contribution is 4.93. The Labute approximate surface area is 103 Å². The van der Waals surface area contributed by atoms with Crippen LogP contribution in [0.4, 0.5) is 0 Å². The lowest BCUT2D eigenvalue weighted by Crippen LogP contribution is -2.55. The molecule has 1 aliphatic heterocycles. The van der Waals surface area contributed by atoms with Gasteiger partial charge in [0.2, 0.25) is 5.89 Å². The molecule has 1 aromatic rings. The van der Waals surface area contributed by atoms with Crippen molar-refractivity contribution < 1.29 is 4.42 Å². The standard InChI is InChI=1S/C13H23N3O/c1-10-7-15-12(17-10)9-16-6-5-14-11(8-16)13(2,3)4/h7,11,14H,5-6,8-9H2,1-4H3. The van der Waals surface area contributed by atoms with Crippen molar-refractivity contribution in [2.75, 3.05) is 19.6 Å². The van der Waals surface area contributed by atoms with E-state index in [0.717, 1.165) is 37.8 Å². The zero-order valence-electron chi connectivity index (χ0n) is 11.3. The van der Waals surface area contributed by atoms with Gasteiger partial charge in [0.15, 0.2) is 0 Å². The molecule has 0 saturated carbocycles. The summed E-state index contributed by atoms with van der Waals surface area (Å²) in [6.07, 6.45) is 1.79. The van der Waals surface area contributed by atoms with Gasteiger partial charge in [0, 0.05) is 25.7 Å². The summed E-state index contributed by atoms with van der Waals surface area (Å²) in [4.78, 5) is 6.68. The average Bonchev–Trinajstić information content (AvgIpc) is 2.63. The first-order valence-electron chi connectivity index (χ1n) is 6.32. The van der Waals surface area contributed by atoms with Gasteiger partial charge < -0.3 is 9.73 Å². The Bertz CT molecular complexity index is 367. The number of oxazole rings is 1. The zero-order chi connectivity index (χ0) is 12.5. The summed E-state index contributed by atoms with van der Waals surface area (Å²) in [6, 6.07) is 0.535. The summed E-state index contributed by atoms with van der Waals surface area (Å²) >= 11 is 0. The van der Waals surface area contributed by atoms with Gasteiger partial charge in [0.1, 0.15) is 5.76 Å². The fourth-order valence-corrected chi connectivity index (χ4v) is 2.20. The lowest BCUT2D eigenvalue weighted by atomic mass is 9.85. The van der Waals surface area contributed by atoms with Crippen LogP contribution in [-0.4, -0.2) is 35.6 Å². The van der Waals surface area contributed by atoms with E-state index in [4.69, 9.17) is 4.42 Å². The van der Waals surface area contributed by atoms with Crippen LogP contribution in [0.25, 0.3) is 0 Å². The second kappa shape index (κ2) is 4.78. The van der Waals surface area contributed by atoms with E-state index in [1.54, 1.807) is 6.20 Å². The molecule has 1 atom stereocenters. The van der Waals surface area contributed by atoms with Gasteiger partial charge in [-0.15, -0.1) is 0 Å². The molecule has 1 unspecified atom stereocenters. The molecule has 0 bridgehead atoms. The molecular weight excluding hydrogens is 214 g/mol. The topological polar surface area (TPSA) is 41.3 Å². The van der Waals surface area contributed by atoms with Crippen LogP contribution >= 0.6 is 0 Å². The first kappa shape index (κ1) is 12.6. The fourth-order valence-electron chi connectivity index (χ4n) is 2.20. The second-order valence-electron chi connectivity index (χ2n) is 5.97. The van der Waals surface area contributed by atoms with Gasteiger partial charge in [0.05, 0.1) is 12.7 Å². The normalized spacial score (nSPS) is 22.9. The number of aryl methyl sites for hydroxylation is 1. The van der Waals surface area contributed by atoms with Crippen LogP contribution in [0.2, 0.25) is 0 Å². The summed E-state index contributed by atoms with van der Waals surface area (Å²) < 4.78 is 5.53. The predicted octanol–water partition coefficient (Wildman–Crippen LogP) is 1.80. The molecular formula is C13H23N3O. The molecule has 1 aliphatic rings. The van der Waals surface area contributed by atoms with Gasteiger partial charge in [-0.1, -0.05) is 20.8 Å². The van der Waals surface area contributed by atoms with Crippen LogP contribution in [0.1, 0.15) is 32.4 Å². The van der Waals surface area contributed by atoms with E-state index >= 15 is 0 Å². The minimum absolute atomic E-state index is 0.297. The molecule has 0 radical (unpaired) electrons. The van der Waals surface area contributed by atoms with Gasteiger partial charge in [-0.05, 0) is 12.3 Å². The van der Waals surface area contributed by atoms with Gasteiger partial charge in [-0.3, -0.25) is 4.90 Å². The van der Waals surface area contributed by atoms with Gasteiger partial charge >= 0.3 is 0 Å². The van der Waals surface area contributed by atoms with Crippen LogP contribution in [-0.2, 0) is 6.54 Å². The average molecular weight is 237 g/mol. The maximum absolute atomic E-state index is 5.53. The third kappa shape index (κ3) is 3.30. The summed E-state index contributed by atoms with van der Waals surface area (Å²) in [5, 5.41) is 3.59. The van der Waals surface area contributed by atoms with Crippen molar-refractivity contribution in [2.24, 2.45) is 5.41 Å². The number of hydrogen-bond acceptors (Lipinski definition) is 4. The summed E-state index contributed by atoms with van der Waals surface area (Å²) in [6.45, 7) is 12.8. The monoisotopic (exact) mass is 237 g/mol. The molecule has 96 valence electrons. The maximum atomic E-state index is 5.53. The first-order chi connectivity index (χ1) is 7.95. The molecule has 1 fully saturated rings. The number of piperazine rings is 1. The molecule has 0 aliphatic carbocycles. The second-order valence-corrected chi connectivity index (χ2v) is 5.97. The maximum Gasteiger partial charge on any atom is 0.208 e. The highest BCUT2D eigenvalue weighted by atomic mass is 16.4. The van der Waals surface area contributed by atoms with Gasteiger partial charge in [0.25, 0.3) is 0 Å². The molecule has 4 nitrogen and oxygen atoms in total. The van der Waals surface area contributed by atoms with E-state index in [2.05, 4.69) is 36.0 Å². The molecule has 1 aromatic heterocycles. The van der Waals surface area contributed by atoms with E-state index in [1.807, 2.05) is 6.92 Å². The molecule has 1 N–H and O–H groups in total. The third-order valence-electron chi connectivity index (χ3n) is 3.33. The van der Waals surface area contributed by atoms with E-state index < -0.39 is 0 Å². The Morgan fingerprint density at radius 1 is 1.53 bits per heavy atom. The first-order valence-corrected chi connectivity index (χ1v) is 6.32. The van der Waals surface area contributed by atoms with E-state index in [1.165, 1.54) is 0 Å². The molecule has 0 aromatic carbocycles. The Balaban J connectivity index is 1.94. The Kier molecular flexibility index (Phi) is 3.54. The van der Waals surface area contributed by atoms with Gasteiger partial charge in [-0.25, -0.2) is 4.98 Å². The quantitative estimate of drug-likeness (QED) is 0.851. The predicted molar refractivity (Wildman–Crippen MR) is 67.8 cm³/mol. The fraction of sp³-hybridized carbons (Fsp3) is 0.769. The van der Waals surface area contributed by atoms with Crippen LogP contribution in [0.15, 0.2) is 10.6 Å². The Morgan fingerprint density at radius 2 is 2.29 bits per heavy atom. The van der Waals surface area contributed by atoms with Crippen molar-refractivity contribution in [3.63, 3.8) is 0 Å². The van der Waals surface area contributed by atoms with Crippen LogP contribution in [0.5, 0.6) is 0 Å². The lowest BCUT2D eigenvalue weighted by Gasteiger charge is -2.40. The zero-order valence-corrected chi connectivity index (χ0v) is 11.3. The van der Waals surface area contributed by atoms with Crippen molar-refractivity contribution in [1.29, 1.82) is 0 Å². The molecule has 0 spiro atoms. The minimum Gasteiger partial charge on any atom is -0.445 e. The highest BCUT2D eigenvalue weighted by Crippen LogP contribution is 2.22. The lowest BCUT2D eigenvalue weighted by molar-refractivity contribution is 0.121. The van der Waals surface area contributed by atoms with Gasteiger partial charge in [-0.2, -0.15) is 0 Å². The molecule has 4 heteroatoms. The van der Waals surface area contributed by atoms with E-state index in [-0.39, 0.29) is 0 Å². The number of hydrogen-bond donors (Lipinski definition) is 1. The number of nitrogens with zero attached hydrogens (tertiary/aromatic N) is 2.